The zero-order chi connectivity index (χ0) is 17.0. The van der Waals surface area contributed by atoms with Gasteiger partial charge in [0.25, 0.3) is 5.91 Å². The smallest absolute Gasteiger partial charge is 0.328 e. The fourth-order valence-corrected chi connectivity index (χ4v) is 2.53. The van der Waals surface area contributed by atoms with Crippen molar-refractivity contribution in [1.82, 2.24) is 9.78 Å². The number of anilines is 1. The van der Waals surface area contributed by atoms with E-state index in [0.29, 0.717) is 17.0 Å². The van der Waals surface area contributed by atoms with Crippen LogP contribution < -0.4 is 5.32 Å². The van der Waals surface area contributed by atoms with Gasteiger partial charge in [-0.1, -0.05) is 31.0 Å². The number of rotatable bonds is 6. The lowest BCUT2D eigenvalue weighted by atomic mass is 10.1. The Hall–Kier alpha value is -2.34. The van der Waals surface area contributed by atoms with Crippen LogP contribution >= 0.6 is 11.6 Å². The molecule has 0 bridgehead atoms. The highest BCUT2D eigenvalue weighted by Crippen LogP contribution is 2.20. The van der Waals surface area contributed by atoms with Crippen LogP contribution in [0.15, 0.2) is 30.5 Å². The summed E-state index contributed by atoms with van der Waals surface area (Å²) in [6, 6.07) is 5.96. The lowest BCUT2D eigenvalue weighted by molar-refractivity contribution is -0.141. The Morgan fingerprint density at radius 3 is 2.74 bits per heavy atom. The van der Waals surface area contributed by atoms with Crippen molar-refractivity contribution in [1.29, 1.82) is 0 Å². The molecule has 0 aliphatic rings. The first kappa shape index (κ1) is 17.0. The van der Waals surface area contributed by atoms with Gasteiger partial charge in [-0.25, -0.2) is 4.79 Å². The van der Waals surface area contributed by atoms with Crippen molar-refractivity contribution in [2.24, 2.45) is 0 Å². The Morgan fingerprint density at radius 1 is 1.39 bits per heavy atom. The molecule has 0 fully saturated rings. The maximum Gasteiger partial charge on any atom is 0.328 e. The molecular formula is C16H18ClN3O3. The van der Waals surface area contributed by atoms with Gasteiger partial charge >= 0.3 is 5.97 Å². The van der Waals surface area contributed by atoms with Crippen LogP contribution in [0.4, 0.5) is 5.82 Å². The van der Waals surface area contributed by atoms with Crippen LogP contribution in [0.3, 0.4) is 0 Å². The summed E-state index contributed by atoms with van der Waals surface area (Å²) in [7, 11) is 0. The Bertz CT molecular complexity index is 727. The van der Waals surface area contributed by atoms with Crippen LogP contribution in [0.2, 0.25) is 5.02 Å². The molecule has 7 heteroatoms. The molecule has 1 heterocycles. The molecule has 0 radical (unpaired) electrons. The normalized spacial score (nSPS) is 12.0. The van der Waals surface area contributed by atoms with Crippen LogP contribution in [0.1, 0.15) is 41.7 Å². The van der Waals surface area contributed by atoms with E-state index in [9.17, 15) is 14.7 Å². The molecule has 1 aromatic carbocycles. The molecule has 23 heavy (non-hydrogen) atoms. The molecular weight excluding hydrogens is 318 g/mol. The van der Waals surface area contributed by atoms with Gasteiger partial charge in [0.05, 0.1) is 10.6 Å². The fourth-order valence-electron chi connectivity index (χ4n) is 2.21. The minimum atomic E-state index is -0.950. The van der Waals surface area contributed by atoms with Gasteiger partial charge in [-0.2, -0.15) is 5.10 Å². The second kappa shape index (κ2) is 7.28. The quantitative estimate of drug-likeness (QED) is 0.845. The van der Waals surface area contributed by atoms with Crippen molar-refractivity contribution in [3.05, 3.63) is 46.6 Å². The summed E-state index contributed by atoms with van der Waals surface area (Å²) in [5.41, 5.74) is 1.30. The molecule has 1 aromatic heterocycles. The van der Waals surface area contributed by atoms with E-state index in [0.717, 1.165) is 12.0 Å². The number of nitrogens with one attached hydrogen (secondary N) is 1. The Labute approximate surface area is 139 Å². The number of carbonyl (C=O) groups excluding carboxylic acids is 1. The number of aryl methyl sites for hydroxylation is 1. The molecule has 2 aromatic rings. The van der Waals surface area contributed by atoms with Crippen LogP contribution in [0.5, 0.6) is 0 Å². The number of carbonyl (C=O) groups is 2. The van der Waals surface area contributed by atoms with E-state index in [1.165, 1.54) is 4.68 Å². The van der Waals surface area contributed by atoms with E-state index in [1.54, 1.807) is 30.5 Å². The largest absolute Gasteiger partial charge is 0.480 e. The number of carboxylic acids is 1. The van der Waals surface area contributed by atoms with Gasteiger partial charge in [0.1, 0.15) is 6.04 Å². The van der Waals surface area contributed by atoms with E-state index in [2.05, 4.69) is 10.4 Å². The standard InChI is InChI=1S/C16H18ClN3O3/c1-3-4-13(16(22)23)20-8-7-14(19-20)18-15(21)11-6-5-10(2)9-12(11)17/h5-9,13H,3-4H2,1-2H3,(H,22,23)(H,18,19,21). The Balaban J connectivity index is 2.15. The number of halogens is 1. The third kappa shape index (κ3) is 4.10. The van der Waals surface area contributed by atoms with Gasteiger partial charge in [0, 0.05) is 12.3 Å². The number of hydrogen-bond donors (Lipinski definition) is 2. The fraction of sp³-hybridized carbons (Fsp3) is 0.312. The number of aromatic nitrogens is 2. The van der Waals surface area contributed by atoms with Crippen molar-refractivity contribution < 1.29 is 14.7 Å². The molecule has 0 saturated carbocycles. The van der Waals surface area contributed by atoms with Crippen molar-refractivity contribution in [3.63, 3.8) is 0 Å². The van der Waals surface area contributed by atoms with E-state index in [1.807, 2.05) is 13.8 Å². The molecule has 122 valence electrons. The van der Waals surface area contributed by atoms with Gasteiger partial charge in [0.15, 0.2) is 5.82 Å². The topological polar surface area (TPSA) is 84.2 Å². The summed E-state index contributed by atoms with van der Waals surface area (Å²) in [5, 5.41) is 16.3. The molecule has 0 aliphatic carbocycles. The molecule has 1 amide bonds. The van der Waals surface area contributed by atoms with Crippen molar-refractivity contribution in [3.8, 4) is 0 Å². The minimum Gasteiger partial charge on any atom is -0.480 e. The predicted molar refractivity (Wildman–Crippen MR) is 88.0 cm³/mol. The number of aliphatic carboxylic acids is 1. The summed E-state index contributed by atoms with van der Waals surface area (Å²) >= 11 is 6.06. The summed E-state index contributed by atoms with van der Waals surface area (Å²) in [6.45, 7) is 3.79. The number of carboxylic acid groups (broad SMARTS) is 1. The molecule has 1 atom stereocenters. The molecule has 2 N–H and O–H groups in total. The Morgan fingerprint density at radius 2 is 2.13 bits per heavy atom. The first-order chi connectivity index (χ1) is 10.9. The highest BCUT2D eigenvalue weighted by Gasteiger charge is 2.20. The molecule has 2 rings (SSSR count). The summed E-state index contributed by atoms with van der Waals surface area (Å²) in [5.74, 6) is -1.05. The lowest BCUT2D eigenvalue weighted by Crippen LogP contribution is -2.20. The zero-order valence-electron chi connectivity index (χ0n) is 12.9. The molecule has 0 saturated heterocycles. The van der Waals surface area contributed by atoms with Crippen LogP contribution in [-0.2, 0) is 4.79 Å². The third-order valence-corrected chi connectivity index (χ3v) is 3.70. The zero-order valence-corrected chi connectivity index (χ0v) is 13.7. The summed E-state index contributed by atoms with van der Waals surface area (Å²) < 4.78 is 1.35. The average Bonchev–Trinajstić information content (AvgIpc) is 2.92. The van der Waals surface area contributed by atoms with Crippen LogP contribution in [0, 0.1) is 6.92 Å². The van der Waals surface area contributed by atoms with E-state index >= 15 is 0 Å². The maximum atomic E-state index is 12.2. The lowest BCUT2D eigenvalue weighted by Gasteiger charge is -2.11. The van der Waals surface area contributed by atoms with Crippen molar-refractivity contribution >= 4 is 29.3 Å². The maximum absolute atomic E-state index is 12.2. The van der Waals surface area contributed by atoms with Gasteiger partial charge in [-0.3, -0.25) is 9.48 Å². The van der Waals surface area contributed by atoms with Crippen molar-refractivity contribution in [2.45, 2.75) is 32.7 Å². The second-order valence-corrected chi connectivity index (χ2v) is 5.67. The number of benzene rings is 1. The molecule has 1 unspecified atom stereocenters. The van der Waals surface area contributed by atoms with Crippen molar-refractivity contribution in [2.75, 3.05) is 5.32 Å². The van der Waals surface area contributed by atoms with E-state index in [4.69, 9.17) is 11.6 Å². The van der Waals surface area contributed by atoms with Crippen LogP contribution in [0.25, 0.3) is 0 Å². The van der Waals surface area contributed by atoms with E-state index < -0.39 is 12.0 Å². The minimum absolute atomic E-state index is 0.286. The highest BCUT2D eigenvalue weighted by molar-refractivity contribution is 6.34. The first-order valence-corrected chi connectivity index (χ1v) is 7.65. The monoisotopic (exact) mass is 335 g/mol. The van der Waals surface area contributed by atoms with Crippen LogP contribution in [-0.4, -0.2) is 26.8 Å². The molecule has 0 aliphatic heterocycles. The van der Waals surface area contributed by atoms with Gasteiger partial charge < -0.3 is 10.4 Å². The SMILES string of the molecule is CCCC(C(=O)O)n1ccc(NC(=O)c2ccc(C)cc2Cl)n1. The van der Waals surface area contributed by atoms with E-state index in [-0.39, 0.29) is 11.7 Å². The average molecular weight is 336 g/mol. The molecule has 0 spiro atoms. The van der Waals surface area contributed by atoms with Gasteiger partial charge in [-0.05, 0) is 31.0 Å². The highest BCUT2D eigenvalue weighted by atomic mass is 35.5. The first-order valence-electron chi connectivity index (χ1n) is 7.27. The summed E-state index contributed by atoms with van der Waals surface area (Å²) in [4.78, 5) is 23.5. The van der Waals surface area contributed by atoms with Gasteiger partial charge in [0.2, 0.25) is 0 Å². The molecule has 6 nitrogen and oxygen atoms in total. The van der Waals surface area contributed by atoms with Gasteiger partial charge in [-0.15, -0.1) is 0 Å². The number of hydrogen-bond acceptors (Lipinski definition) is 3. The Kier molecular flexibility index (Phi) is 5.39. The predicted octanol–water partition coefficient (Wildman–Crippen LogP) is 3.52. The second-order valence-electron chi connectivity index (χ2n) is 5.26. The number of nitrogens with zero attached hydrogens (tertiary/aromatic N) is 2. The summed E-state index contributed by atoms with van der Waals surface area (Å²) in [6.07, 6.45) is 2.73. The number of amides is 1. The third-order valence-electron chi connectivity index (χ3n) is 3.39.